The van der Waals surface area contributed by atoms with Crippen LogP contribution in [0.25, 0.3) is 0 Å². The van der Waals surface area contributed by atoms with Gasteiger partial charge in [0.25, 0.3) is 0 Å². The van der Waals surface area contributed by atoms with E-state index in [-0.39, 0.29) is 11.6 Å². The summed E-state index contributed by atoms with van der Waals surface area (Å²) in [6.07, 6.45) is 4.91. The third kappa shape index (κ3) is 2.67. The molecule has 0 bridgehead atoms. The second-order valence-electron chi connectivity index (χ2n) is 5.48. The summed E-state index contributed by atoms with van der Waals surface area (Å²) >= 11 is 6.35. The monoisotopic (exact) mass is 280 g/mol. The van der Waals surface area contributed by atoms with Crippen LogP contribution in [0.4, 0.5) is 0 Å². The van der Waals surface area contributed by atoms with E-state index in [4.69, 9.17) is 17.3 Å². The fraction of sp³-hybridized carbons (Fsp3) is 0.625. The van der Waals surface area contributed by atoms with E-state index in [2.05, 4.69) is 24.8 Å². The van der Waals surface area contributed by atoms with Gasteiger partial charge in [0.15, 0.2) is 0 Å². The molecule has 19 heavy (non-hydrogen) atoms. The molecular formula is C16H25ClN2. The van der Waals surface area contributed by atoms with Crippen molar-refractivity contribution in [2.24, 2.45) is 5.73 Å². The van der Waals surface area contributed by atoms with Gasteiger partial charge in [-0.25, -0.2) is 0 Å². The highest BCUT2D eigenvalue weighted by Crippen LogP contribution is 2.44. The van der Waals surface area contributed by atoms with Crippen molar-refractivity contribution in [3.8, 4) is 0 Å². The van der Waals surface area contributed by atoms with Gasteiger partial charge in [-0.2, -0.15) is 0 Å². The predicted molar refractivity (Wildman–Crippen MR) is 82.5 cm³/mol. The molecule has 0 aliphatic heterocycles. The molecule has 0 heterocycles. The molecule has 2 rings (SSSR count). The van der Waals surface area contributed by atoms with Crippen molar-refractivity contribution in [1.82, 2.24) is 4.90 Å². The molecule has 106 valence electrons. The Kier molecular flexibility index (Phi) is 4.88. The summed E-state index contributed by atoms with van der Waals surface area (Å²) in [5.41, 5.74) is 7.85. The zero-order valence-corrected chi connectivity index (χ0v) is 12.8. The molecule has 1 saturated carbocycles. The fourth-order valence-corrected chi connectivity index (χ4v) is 3.93. The van der Waals surface area contributed by atoms with E-state index < -0.39 is 0 Å². The molecule has 3 heteroatoms. The van der Waals surface area contributed by atoms with Crippen molar-refractivity contribution in [1.29, 1.82) is 0 Å². The van der Waals surface area contributed by atoms with Crippen LogP contribution in [0.15, 0.2) is 24.3 Å². The van der Waals surface area contributed by atoms with Crippen molar-refractivity contribution < 1.29 is 0 Å². The molecule has 0 spiro atoms. The lowest BCUT2D eigenvalue weighted by molar-refractivity contribution is 0.0770. The van der Waals surface area contributed by atoms with Gasteiger partial charge in [0.2, 0.25) is 0 Å². The lowest BCUT2D eigenvalue weighted by atomic mass is 9.82. The maximum atomic E-state index is 6.66. The highest BCUT2D eigenvalue weighted by atomic mass is 35.5. The molecule has 1 aliphatic rings. The van der Waals surface area contributed by atoms with Crippen LogP contribution in [0.1, 0.15) is 51.1 Å². The van der Waals surface area contributed by atoms with Crippen LogP contribution in [-0.4, -0.2) is 23.5 Å². The average Bonchev–Trinajstić information content (AvgIpc) is 2.90. The van der Waals surface area contributed by atoms with E-state index in [0.717, 1.165) is 23.7 Å². The number of benzene rings is 1. The highest BCUT2D eigenvalue weighted by Gasteiger charge is 2.44. The van der Waals surface area contributed by atoms with Crippen LogP contribution in [0.2, 0.25) is 5.02 Å². The van der Waals surface area contributed by atoms with Gasteiger partial charge in [0, 0.05) is 16.6 Å². The Balaban J connectivity index is 2.37. The van der Waals surface area contributed by atoms with Crippen LogP contribution in [0.5, 0.6) is 0 Å². The van der Waals surface area contributed by atoms with Crippen LogP contribution in [-0.2, 0) is 0 Å². The van der Waals surface area contributed by atoms with Gasteiger partial charge in [0.1, 0.15) is 0 Å². The minimum absolute atomic E-state index is 0.00333. The first-order chi connectivity index (χ1) is 9.15. The van der Waals surface area contributed by atoms with Crippen molar-refractivity contribution >= 4 is 11.6 Å². The van der Waals surface area contributed by atoms with Crippen LogP contribution in [0, 0.1) is 0 Å². The van der Waals surface area contributed by atoms with Gasteiger partial charge in [-0.15, -0.1) is 0 Å². The molecule has 1 aromatic carbocycles. The first kappa shape index (κ1) is 14.8. The van der Waals surface area contributed by atoms with E-state index in [1.54, 1.807) is 0 Å². The molecular weight excluding hydrogens is 256 g/mol. The molecule has 1 aromatic rings. The largest absolute Gasteiger partial charge is 0.322 e. The molecule has 0 aromatic heterocycles. The van der Waals surface area contributed by atoms with Crippen molar-refractivity contribution in [3.63, 3.8) is 0 Å². The average molecular weight is 281 g/mol. The Bertz CT molecular complexity index is 409. The second-order valence-corrected chi connectivity index (χ2v) is 5.89. The molecule has 1 aliphatic carbocycles. The van der Waals surface area contributed by atoms with Gasteiger partial charge < -0.3 is 5.73 Å². The Hall–Kier alpha value is -0.570. The van der Waals surface area contributed by atoms with Crippen LogP contribution >= 0.6 is 11.6 Å². The maximum Gasteiger partial charge on any atom is 0.0497 e. The summed E-state index contributed by atoms with van der Waals surface area (Å²) < 4.78 is 0. The topological polar surface area (TPSA) is 29.3 Å². The number of halogens is 1. The van der Waals surface area contributed by atoms with E-state index >= 15 is 0 Å². The Morgan fingerprint density at radius 3 is 2.32 bits per heavy atom. The van der Waals surface area contributed by atoms with Gasteiger partial charge in [-0.1, -0.05) is 56.5 Å². The minimum atomic E-state index is 0.00333. The number of nitrogens with two attached hydrogens (primary N) is 1. The molecule has 0 saturated heterocycles. The van der Waals surface area contributed by atoms with E-state index in [1.807, 2.05) is 18.2 Å². The number of hydrogen-bond acceptors (Lipinski definition) is 2. The number of rotatable bonds is 5. The van der Waals surface area contributed by atoms with E-state index in [9.17, 15) is 0 Å². The summed E-state index contributed by atoms with van der Waals surface area (Å²) in [7, 11) is 0. The molecule has 1 unspecified atom stereocenters. The molecule has 1 fully saturated rings. The summed E-state index contributed by atoms with van der Waals surface area (Å²) in [6, 6.07) is 8.03. The third-order valence-corrected chi connectivity index (χ3v) is 5.03. The normalized spacial score (nSPS) is 19.8. The molecule has 2 N–H and O–H groups in total. The molecule has 1 atom stereocenters. The zero-order chi connectivity index (χ0) is 13.9. The summed E-state index contributed by atoms with van der Waals surface area (Å²) in [4.78, 5) is 2.54. The Morgan fingerprint density at radius 2 is 1.79 bits per heavy atom. The zero-order valence-electron chi connectivity index (χ0n) is 12.0. The lowest BCUT2D eigenvalue weighted by Gasteiger charge is -2.45. The van der Waals surface area contributed by atoms with Crippen molar-refractivity contribution in [2.75, 3.05) is 13.1 Å². The van der Waals surface area contributed by atoms with Crippen LogP contribution < -0.4 is 5.73 Å². The number of likely N-dealkylation sites (N-methyl/N-ethyl adjacent to an activating group) is 1. The summed E-state index contributed by atoms with van der Waals surface area (Å²) in [5, 5.41) is 0.799. The van der Waals surface area contributed by atoms with Crippen molar-refractivity contribution in [3.05, 3.63) is 34.9 Å². The van der Waals surface area contributed by atoms with E-state index in [0.29, 0.717) is 0 Å². The lowest BCUT2D eigenvalue weighted by Crippen LogP contribution is -2.53. The van der Waals surface area contributed by atoms with Gasteiger partial charge in [0.05, 0.1) is 0 Å². The first-order valence-corrected chi connectivity index (χ1v) is 7.78. The Labute approximate surface area is 121 Å². The third-order valence-electron chi connectivity index (χ3n) is 4.68. The quantitative estimate of drug-likeness (QED) is 0.883. The molecule has 0 amide bonds. The van der Waals surface area contributed by atoms with Crippen LogP contribution in [0.3, 0.4) is 0 Å². The number of hydrogen-bond donors (Lipinski definition) is 1. The predicted octanol–water partition coefficient (Wildman–Crippen LogP) is 3.99. The summed E-state index contributed by atoms with van der Waals surface area (Å²) in [6.45, 7) is 6.55. The molecule has 2 nitrogen and oxygen atoms in total. The SMILES string of the molecule is CCN(CC)C1(C(N)c2ccccc2Cl)CCCC1. The fourth-order valence-electron chi connectivity index (χ4n) is 3.68. The smallest absolute Gasteiger partial charge is 0.0497 e. The van der Waals surface area contributed by atoms with Gasteiger partial charge in [-0.3, -0.25) is 4.90 Å². The van der Waals surface area contributed by atoms with Gasteiger partial charge >= 0.3 is 0 Å². The number of nitrogens with zero attached hydrogens (tertiary/aromatic N) is 1. The first-order valence-electron chi connectivity index (χ1n) is 7.40. The molecule has 0 radical (unpaired) electrons. The standard InChI is InChI=1S/C16H25ClN2/c1-3-19(4-2)16(11-7-8-12-16)15(18)13-9-5-6-10-14(13)17/h5-6,9-10,15H,3-4,7-8,11-12,18H2,1-2H3. The summed E-state index contributed by atoms with van der Waals surface area (Å²) in [5.74, 6) is 0. The van der Waals surface area contributed by atoms with Gasteiger partial charge in [-0.05, 0) is 37.6 Å². The second kappa shape index (κ2) is 6.25. The van der Waals surface area contributed by atoms with E-state index in [1.165, 1.54) is 25.7 Å². The maximum absolute atomic E-state index is 6.66. The highest BCUT2D eigenvalue weighted by molar-refractivity contribution is 6.31. The van der Waals surface area contributed by atoms with Crippen molar-refractivity contribution in [2.45, 2.75) is 51.1 Å². The Morgan fingerprint density at radius 1 is 1.21 bits per heavy atom. The minimum Gasteiger partial charge on any atom is -0.322 e.